The Hall–Kier alpha value is -4.27. The molecule has 2 aliphatic carbocycles. The molecule has 49 heavy (non-hydrogen) atoms. The highest BCUT2D eigenvalue weighted by molar-refractivity contribution is 6.38. The minimum Gasteiger partial charge on any atom is -0.387 e. The molecule has 0 unspecified atom stereocenters. The number of nitriles is 1. The number of nitrogens with one attached hydrogen (secondary N) is 3. The van der Waals surface area contributed by atoms with E-state index in [1.54, 1.807) is 24.3 Å². The monoisotopic (exact) mass is 674 g/mol. The fraction of sp³-hybridized carbons (Fsp3) is 0.649. The average Bonchev–Trinajstić information content (AvgIpc) is 3.67. The molecular formula is C37H50N6O6. The summed E-state index contributed by atoms with van der Waals surface area (Å²) in [5.74, 6) is -2.36. The van der Waals surface area contributed by atoms with Crippen LogP contribution in [0.15, 0.2) is 29.4 Å². The topological polar surface area (TPSA) is 170 Å². The summed E-state index contributed by atoms with van der Waals surface area (Å²) in [5.41, 5.74) is -0.180. The lowest BCUT2D eigenvalue weighted by Gasteiger charge is -2.36. The molecule has 2 aliphatic heterocycles. The van der Waals surface area contributed by atoms with E-state index in [9.17, 15) is 29.2 Å². The molecule has 0 radical (unpaired) electrons. The van der Waals surface area contributed by atoms with Crippen LogP contribution in [0.5, 0.6) is 0 Å². The van der Waals surface area contributed by atoms with Crippen LogP contribution in [0, 0.1) is 22.7 Å². The molecule has 1 spiro atoms. The Morgan fingerprint density at radius 3 is 2.43 bits per heavy atom. The summed E-state index contributed by atoms with van der Waals surface area (Å²) in [6, 6.07) is 6.15. The standard InChI is InChI=1S/C37H50N6O6/c1-5-11-27(31(45)34(47)39-25-16-17-25)40-33(46)29-20-37(19-28(42-49-37)26-15-10-9-14-24(26)21-38)22-43(29)35(48)32(36(2,3)4)41-30(44)18-23-12-7-6-8-13-23/h9-10,14-15,23,25,27,29,32H,5-8,11-13,16-20,22H2,1-4H3,(H,39,47)(H,40,46)(H,41,44)/t27-,29-,32+,37+/m0/s1. The molecule has 4 amide bonds. The number of hydrogen-bond donors (Lipinski definition) is 3. The van der Waals surface area contributed by atoms with Crippen molar-refractivity contribution >= 4 is 35.1 Å². The Kier molecular flexibility index (Phi) is 11.1. The molecule has 4 atom stereocenters. The average molecular weight is 675 g/mol. The summed E-state index contributed by atoms with van der Waals surface area (Å²) >= 11 is 0. The predicted molar refractivity (Wildman–Crippen MR) is 182 cm³/mol. The van der Waals surface area contributed by atoms with Gasteiger partial charge >= 0.3 is 0 Å². The number of likely N-dealkylation sites (tertiary alicyclic amines) is 1. The maximum atomic E-state index is 14.6. The van der Waals surface area contributed by atoms with Crippen LogP contribution in [-0.4, -0.2) is 76.3 Å². The van der Waals surface area contributed by atoms with E-state index >= 15 is 0 Å². The number of oxime groups is 1. The molecule has 4 aliphatic rings. The fourth-order valence-electron chi connectivity index (χ4n) is 7.26. The van der Waals surface area contributed by atoms with Gasteiger partial charge in [0.1, 0.15) is 12.1 Å². The second kappa shape index (κ2) is 15.1. The van der Waals surface area contributed by atoms with Gasteiger partial charge in [-0.05, 0) is 49.5 Å². The lowest BCUT2D eigenvalue weighted by Crippen LogP contribution is -2.59. The van der Waals surface area contributed by atoms with Crippen LogP contribution in [0.4, 0.5) is 0 Å². The Balaban J connectivity index is 1.40. The Morgan fingerprint density at radius 2 is 1.78 bits per heavy atom. The van der Waals surface area contributed by atoms with E-state index < -0.39 is 52.6 Å². The lowest BCUT2D eigenvalue weighted by atomic mass is 9.84. The van der Waals surface area contributed by atoms with Gasteiger partial charge in [0.05, 0.1) is 29.9 Å². The zero-order valence-corrected chi connectivity index (χ0v) is 29.2. The first-order chi connectivity index (χ1) is 23.3. The van der Waals surface area contributed by atoms with E-state index in [-0.39, 0.29) is 43.7 Å². The van der Waals surface area contributed by atoms with Crippen molar-refractivity contribution in [3.8, 4) is 6.07 Å². The minimum absolute atomic E-state index is 0.00523. The van der Waals surface area contributed by atoms with E-state index in [1.165, 1.54) is 11.3 Å². The summed E-state index contributed by atoms with van der Waals surface area (Å²) in [4.78, 5) is 75.4. The van der Waals surface area contributed by atoms with Gasteiger partial charge in [-0.1, -0.05) is 76.7 Å². The van der Waals surface area contributed by atoms with Gasteiger partial charge in [0.15, 0.2) is 5.60 Å². The van der Waals surface area contributed by atoms with Crippen LogP contribution in [0.2, 0.25) is 0 Å². The highest BCUT2D eigenvalue weighted by atomic mass is 16.7. The third-order valence-electron chi connectivity index (χ3n) is 10.1. The smallest absolute Gasteiger partial charge is 0.289 e. The molecule has 2 heterocycles. The van der Waals surface area contributed by atoms with Crippen molar-refractivity contribution in [2.24, 2.45) is 16.5 Å². The molecule has 3 fully saturated rings. The van der Waals surface area contributed by atoms with E-state index in [2.05, 4.69) is 27.2 Å². The molecule has 12 nitrogen and oxygen atoms in total. The van der Waals surface area contributed by atoms with Crippen LogP contribution in [0.1, 0.15) is 116 Å². The minimum atomic E-state index is -1.07. The van der Waals surface area contributed by atoms with Gasteiger partial charge in [0, 0.05) is 30.9 Å². The van der Waals surface area contributed by atoms with E-state index in [4.69, 9.17) is 4.84 Å². The lowest BCUT2D eigenvalue weighted by molar-refractivity contribution is -0.145. The number of carbonyl (C=O) groups excluding carboxylic acids is 5. The second-order valence-corrected chi connectivity index (χ2v) is 15.4. The predicted octanol–water partition coefficient (Wildman–Crippen LogP) is 3.66. The van der Waals surface area contributed by atoms with Crippen molar-refractivity contribution in [2.75, 3.05) is 6.54 Å². The van der Waals surface area contributed by atoms with Gasteiger partial charge in [0.2, 0.25) is 23.5 Å². The zero-order chi connectivity index (χ0) is 35.3. The van der Waals surface area contributed by atoms with Gasteiger partial charge in [0.25, 0.3) is 5.91 Å². The van der Waals surface area contributed by atoms with Crippen LogP contribution >= 0.6 is 0 Å². The number of ketones is 1. The van der Waals surface area contributed by atoms with E-state index in [1.807, 2.05) is 27.7 Å². The van der Waals surface area contributed by atoms with Gasteiger partial charge in [-0.15, -0.1) is 0 Å². The van der Waals surface area contributed by atoms with Crippen LogP contribution < -0.4 is 16.0 Å². The van der Waals surface area contributed by atoms with Crippen molar-refractivity contribution in [1.29, 1.82) is 5.26 Å². The molecule has 5 rings (SSSR count). The van der Waals surface area contributed by atoms with Gasteiger partial charge < -0.3 is 25.7 Å². The van der Waals surface area contributed by atoms with E-state index in [0.717, 1.165) is 38.5 Å². The van der Waals surface area contributed by atoms with Crippen molar-refractivity contribution in [1.82, 2.24) is 20.9 Å². The van der Waals surface area contributed by atoms with Gasteiger partial charge in [-0.25, -0.2) is 0 Å². The maximum Gasteiger partial charge on any atom is 0.289 e. The Labute approximate surface area is 288 Å². The quantitative estimate of drug-likeness (QED) is 0.284. The van der Waals surface area contributed by atoms with Crippen molar-refractivity contribution < 1.29 is 28.8 Å². The molecule has 2 saturated carbocycles. The summed E-state index contributed by atoms with van der Waals surface area (Å²) in [6.45, 7) is 7.48. The molecule has 0 bridgehead atoms. The van der Waals surface area contributed by atoms with Crippen molar-refractivity contribution in [3.63, 3.8) is 0 Å². The SMILES string of the molecule is CCC[C@H](NC(=O)[C@@H]1C[C@]2(CC(c3ccccc3C#N)=NO2)CN1C(=O)[C@@H](NC(=O)CC1CCCCC1)C(C)(C)C)C(=O)C(=O)NC1CC1. The number of rotatable bonds is 12. The molecule has 12 heteroatoms. The molecule has 1 aromatic carbocycles. The van der Waals surface area contributed by atoms with E-state index in [0.29, 0.717) is 29.7 Å². The van der Waals surface area contributed by atoms with Crippen molar-refractivity contribution in [3.05, 3.63) is 35.4 Å². The molecule has 0 aromatic heterocycles. The summed E-state index contributed by atoms with van der Waals surface area (Å²) in [5, 5.41) is 22.6. The van der Waals surface area contributed by atoms with Gasteiger partial charge in [-0.2, -0.15) is 5.26 Å². The zero-order valence-electron chi connectivity index (χ0n) is 29.2. The first-order valence-corrected chi connectivity index (χ1v) is 17.8. The third-order valence-corrected chi connectivity index (χ3v) is 10.1. The second-order valence-electron chi connectivity index (χ2n) is 15.4. The first kappa shape index (κ1) is 36.0. The van der Waals surface area contributed by atoms with Crippen LogP contribution in [-0.2, 0) is 28.8 Å². The molecular weight excluding hydrogens is 624 g/mol. The highest BCUT2D eigenvalue weighted by Gasteiger charge is 2.56. The number of Topliss-reactive ketones (excluding diaryl/α,β-unsaturated/α-hetero) is 1. The number of amides is 4. The summed E-state index contributed by atoms with van der Waals surface area (Å²) in [7, 11) is 0. The Morgan fingerprint density at radius 1 is 1.06 bits per heavy atom. The van der Waals surface area contributed by atoms with Gasteiger partial charge in [-0.3, -0.25) is 24.0 Å². The van der Waals surface area contributed by atoms with Crippen LogP contribution in [0.25, 0.3) is 0 Å². The third kappa shape index (κ3) is 8.67. The normalized spacial score (nSPS) is 23.5. The number of carbonyl (C=O) groups is 5. The first-order valence-electron chi connectivity index (χ1n) is 17.8. The number of benzene rings is 1. The van der Waals surface area contributed by atoms with Crippen LogP contribution in [0.3, 0.4) is 0 Å². The number of nitrogens with zero attached hydrogens (tertiary/aromatic N) is 3. The summed E-state index contributed by atoms with van der Waals surface area (Å²) in [6.07, 6.45) is 8.44. The fourth-order valence-corrected chi connectivity index (χ4v) is 7.26. The number of hydrogen-bond acceptors (Lipinski definition) is 8. The Bertz CT molecular complexity index is 1520. The molecule has 1 aromatic rings. The maximum absolute atomic E-state index is 14.6. The summed E-state index contributed by atoms with van der Waals surface area (Å²) < 4.78 is 0. The molecule has 3 N–H and O–H groups in total. The highest BCUT2D eigenvalue weighted by Crippen LogP contribution is 2.40. The largest absolute Gasteiger partial charge is 0.387 e. The van der Waals surface area contributed by atoms with Crippen molar-refractivity contribution in [2.45, 2.75) is 135 Å². The molecule has 264 valence electrons. The molecule has 1 saturated heterocycles.